The number of nitrogens with two attached hydrogens (primary N) is 1. The molecular formula is C13H13FN2O2S. The Kier molecular flexibility index (Phi) is 3.44. The van der Waals surface area contributed by atoms with Gasteiger partial charge >= 0.3 is 0 Å². The third kappa shape index (κ3) is 2.68. The van der Waals surface area contributed by atoms with E-state index in [1.54, 1.807) is 24.3 Å². The fourth-order valence-corrected chi connectivity index (χ4v) is 2.81. The van der Waals surface area contributed by atoms with Crippen LogP contribution in [-0.2, 0) is 10.0 Å². The summed E-state index contributed by atoms with van der Waals surface area (Å²) in [5, 5.41) is 0. The van der Waals surface area contributed by atoms with Gasteiger partial charge in [-0.1, -0.05) is 6.07 Å². The molecule has 0 aliphatic heterocycles. The summed E-state index contributed by atoms with van der Waals surface area (Å²) in [6, 6.07) is 11.2. The van der Waals surface area contributed by atoms with Crippen LogP contribution in [0.3, 0.4) is 0 Å². The van der Waals surface area contributed by atoms with E-state index in [-0.39, 0.29) is 4.90 Å². The number of benzene rings is 2. The molecule has 0 fully saturated rings. The molecule has 0 bridgehead atoms. The third-order valence-corrected chi connectivity index (χ3v) is 4.51. The van der Waals surface area contributed by atoms with Gasteiger partial charge < -0.3 is 5.73 Å². The number of nitrogen functional groups attached to an aromatic ring is 1. The summed E-state index contributed by atoms with van der Waals surface area (Å²) in [6.45, 7) is 0. The SMILES string of the molecule is CN(c1cccc(N)c1)S(=O)(=O)c1ccc(F)cc1. The zero-order valence-electron chi connectivity index (χ0n) is 10.2. The van der Waals surface area contributed by atoms with Crippen LogP contribution in [-0.4, -0.2) is 15.5 Å². The third-order valence-electron chi connectivity index (χ3n) is 2.71. The van der Waals surface area contributed by atoms with Crippen molar-refractivity contribution in [3.8, 4) is 0 Å². The molecule has 0 spiro atoms. The molecule has 0 heterocycles. The zero-order chi connectivity index (χ0) is 14.0. The average molecular weight is 280 g/mol. The van der Waals surface area contributed by atoms with E-state index in [0.29, 0.717) is 11.4 Å². The zero-order valence-corrected chi connectivity index (χ0v) is 11.1. The van der Waals surface area contributed by atoms with Gasteiger partial charge in [0.2, 0.25) is 0 Å². The number of hydrogen-bond acceptors (Lipinski definition) is 3. The molecule has 0 aliphatic carbocycles. The molecule has 0 unspecified atom stereocenters. The molecule has 0 saturated heterocycles. The van der Waals surface area contributed by atoms with E-state index in [4.69, 9.17) is 5.73 Å². The van der Waals surface area contributed by atoms with Crippen molar-refractivity contribution in [1.82, 2.24) is 0 Å². The smallest absolute Gasteiger partial charge is 0.264 e. The Morgan fingerprint density at radius 1 is 1.11 bits per heavy atom. The van der Waals surface area contributed by atoms with Gasteiger partial charge in [-0.2, -0.15) is 0 Å². The molecule has 2 rings (SSSR count). The summed E-state index contributed by atoms with van der Waals surface area (Å²) >= 11 is 0. The Labute approximate surface area is 111 Å². The second kappa shape index (κ2) is 4.89. The van der Waals surface area contributed by atoms with E-state index in [1.165, 1.54) is 19.2 Å². The summed E-state index contributed by atoms with van der Waals surface area (Å²) in [5.74, 6) is -0.481. The van der Waals surface area contributed by atoms with E-state index in [2.05, 4.69) is 0 Å². The lowest BCUT2D eigenvalue weighted by Crippen LogP contribution is -2.26. The van der Waals surface area contributed by atoms with Crippen LogP contribution in [0.15, 0.2) is 53.4 Å². The van der Waals surface area contributed by atoms with Crippen LogP contribution in [0.4, 0.5) is 15.8 Å². The Morgan fingerprint density at radius 2 is 1.74 bits per heavy atom. The van der Waals surface area contributed by atoms with Crippen molar-refractivity contribution in [2.24, 2.45) is 0 Å². The van der Waals surface area contributed by atoms with Crippen molar-refractivity contribution in [2.75, 3.05) is 17.1 Å². The lowest BCUT2D eigenvalue weighted by Gasteiger charge is -2.19. The molecule has 2 N–H and O–H groups in total. The van der Waals surface area contributed by atoms with Gasteiger partial charge in [-0.15, -0.1) is 0 Å². The van der Waals surface area contributed by atoms with Crippen molar-refractivity contribution in [1.29, 1.82) is 0 Å². The van der Waals surface area contributed by atoms with Crippen LogP contribution >= 0.6 is 0 Å². The highest BCUT2D eigenvalue weighted by Crippen LogP contribution is 2.23. The molecule has 4 nitrogen and oxygen atoms in total. The van der Waals surface area contributed by atoms with Crippen molar-refractivity contribution in [2.45, 2.75) is 4.90 Å². The molecule has 0 radical (unpaired) electrons. The molecule has 100 valence electrons. The predicted octanol–water partition coefficient (Wildman–Crippen LogP) is 2.23. The Hall–Kier alpha value is -2.08. The van der Waals surface area contributed by atoms with Gasteiger partial charge in [-0.3, -0.25) is 4.31 Å². The van der Waals surface area contributed by atoms with E-state index >= 15 is 0 Å². The summed E-state index contributed by atoms with van der Waals surface area (Å²) in [5.41, 5.74) is 6.55. The van der Waals surface area contributed by atoms with Crippen molar-refractivity contribution in [3.63, 3.8) is 0 Å². The van der Waals surface area contributed by atoms with Crippen LogP contribution in [0.2, 0.25) is 0 Å². The molecule has 0 saturated carbocycles. The summed E-state index contributed by atoms with van der Waals surface area (Å²) in [4.78, 5) is 0.0267. The fourth-order valence-electron chi connectivity index (χ4n) is 1.62. The highest BCUT2D eigenvalue weighted by molar-refractivity contribution is 7.92. The normalized spacial score (nSPS) is 11.3. The maximum Gasteiger partial charge on any atom is 0.264 e. The van der Waals surface area contributed by atoms with Crippen LogP contribution in [0.1, 0.15) is 0 Å². The number of anilines is 2. The van der Waals surface area contributed by atoms with Gasteiger partial charge in [-0.25, -0.2) is 12.8 Å². The van der Waals surface area contributed by atoms with E-state index in [0.717, 1.165) is 16.4 Å². The highest BCUT2D eigenvalue weighted by atomic mass is 32.2. The Balaban J connectivity index is 2.42. The topological polar surface area (TPSA) is 63.4 Å². The molecule has 0 amide bonds. The number of rotatable bonds is 3. The lowest BCUT2D eigenvalue weighted by molar-refractivity contribution is 0.593. The van der Waals surface area contributed by atoms with Gasteiger partial charge in [0, 0.05) is 12.7 Å². The van der Waals surface area contributed by atoms with Gasteiger partial charge in [0.1, 0.15) is 5.82 Å². The lowest BCUT2D eigenvalue weighted by atomic mass is 10.3. The maximum atomic E-state index is 12.8. The summed E-state index contributed by atoms with van der Waals surface area (Å²) < 4.78 is 38.6. The first-order chi connectivity index (χ1) is 8.91. The number of hydrogen-bond donors (Lipinski definition) is 1. The largest absolute Gasteiger partial charge is 0.399 e. The minimum Gasteiger partial charge on any atom is -0.399 e. The molecule has 6 heteroatoms. The predicted molar refractivity (Wildman–Crippen MR) is 72.8 cm³/mol. The van der Waals surface area contributed by atoms with Crippen LogP contribution < -0.4 is 10.0 Å². The maximum absolute atomic E-state index is 12.8. The standard InChI is InChI=1S/C13H13FN2O2S/c1-16(12-4-2-3-11(15)9-12)19(17,18)13-7-5-10(14)6-8-13/h2-9H,15H2,1H3. The first-order valence-electron chi connectivity index (χ1n) is 5.51. The summed E-state index contributed by atoms with van der Waals surface area (Å²) in [7, 11) is -2.29. The summed E-state index contributed by atoms with van der Waals surface area (Å²) in [6.07, 6.45) is 0. The molecular weight excluding hydrogens is 267 g/mol. The van der Waals surface area contributed by atoms with Gasteiger partial charge in [0.05, 0.1) is 10.6 Å². The Morgan fingerprint density at radius 3 is 2.32 bits per heavy atom. The minimum absolute atomic E-state index is 0.0267. The molecule has 0 aliphatic rings. The molecule has 0 atom stereocenters. The van der Waals surface area contributed by atoms with Gasteiger partial charge in [0.25, 0.3) is 10.0 Å². The van der Waals surface area contributed by atoms with Crippen molar-refractivity contribution < 1.29 is 12.8 Å². The second-order valence-electron chi connectivity index (χ2n) is 4.02. The fraction of sp³-hybridized carbons (Fsp3) is 0.0769. The molecule has 2 aromatic carbocycles. The molecule has 0 aromatic heterocycles. The minimum atomic E-state index is -3.71. The highest BCUT2D eigenvalue weighted by Gasteiger charge is 2.21. The van der Waals surface area contributed by atoms with E-state index in [9.17, 15) is 12.8 Å². The van der Waals surface area contributed by atoms with Crippen LogP contribution in [0, 0.1) is 5.82 Å². The quantitative estimate of drug-likeness (QED) is 0.877. The first kappa shape index (κ1) is 13.4. The van der Waals surface area contributed by atoms with Gasteiger partial charge in [-0.05, 0) is 42.5 Å². The van der Waals surface area contributed by atoms with E-state index in [1.807, 2.05) is 0 Å². The molecule has 19 heavy (non-hydrogen) atoms. The first-order valence-corrected chi connectivity index (χ1v) is 6.95. The van der Waals surface area contributed by atoms with Crippen LogP contribution in [0.5, 0.6) is 0 Å². The average Bonchev–Trinajstić information content (AvgIpc) is 2.38. The number of nitrogens with zero attached hydrogens (tertiary/aromatic N) is 1. The number of halogens is 1. The second-order valence-corrected chi connectivity index (χ2v) is 5.99. The molecule has 2 aromatic rings. The van der Waals surface area contributed by atoms with Gasteiger partial charge in [0.15, 0.2) is 0 Å². The van der Waals surface area contributed by atoms with Crippen molar-refractivity contribution in [3.05, 3.63) is 54.3 Å². The van der Waals surface area contributed by atoms with Crippen LogP contribution in [0.25, 0.3) is 0 Å². The van der Waals surface area contributed by atoms with E-state index < -0.39 is 15.8 Å². The monoisotopic (exact) mass is 280 g/mol. The van der Waals surface area contributed by atoms with Crippen molar-refractivity contribution >= 4 is 21.4 Å². The Bertz CT molecular complexity index is 684. The number of sulfonamides is 1.